The second kappa shape index (κ2) is 10.6. The van der Waals surface area contributed by atoms with Gasteiger partial charge in [-0.05, 0) is 53.3 Å². The molecule has 0 fully saturated rings. The highest BCUT2D eigenvalue weighted by Crippen LogP contribution is 2.30. The third kappa shape index (κ3) is 5.97. The number of benzene rings is 2. The van der Waals surface area contributed by atoms with Gasteiger partial charge in [-0.3, -0.25) is 19.3 Å². The summed E-state index contributed by atoms with van der Waals surface area (Å²) in [7, 11) is 1.75. The van der Waals surface area contributed by atoms with Crippen LogP contribution in [0.3, 0.4) is 0 Å². The topological polar surface area (TPSA) is 129 Å². The van der Waals surface area contributed by atoms with Crippen LogP contribution in [0.25, 0.3) is 11.1 Å². The van der Waals surface area contributed by atoms with Gasteiger partial charge in [-0.25, -0.2) is 13.2 Å². The van der Waals surface area contributed by atoms with Gasteiger partial charge >= 0.3 is 0 Å². The molecule has 188 valence electrons. The molecule has 2 heterocycles. The molecular weight excluding hydrogens is 484 g/mol. The van der Waals surface area contributed by atoms with Crippen LogP contribution in [0.4, 0.5) is 19.0 Å². The Balaban J connectivity index is 1.74. The highest BCUT2D eigenvalue weighted by atomic mass is 19.1. The first-order chi connectivity index (χ1) is 17.6. The Morgan fingerprint density at radius 1 is 1.08 bits per heavy atom. The van der Waals surface area contributed by atoms with E-state index in [9.17, 15) is 22.8 Å². The van der Waals surface area contributed by atoms with Crippen LogP contribution in [0.1, 0.15) is 27.7 Å². The van der Waals surface area contributed by atoms with Crippen molar-refractivity contribution in [2.45, 2.75) is 19.0 Å². The lowest BCUT2D eigenvalue weighted by atomic mass is 9.94. The highest BCUT2D eigenvalue weighted by Gasteiger charge is 2.23. The van der Waals surface area contributed by atoms with Gasteiger partial charge in [0.2, 0.25) is 5.91 Å². The van der Waals surface area contributed by atoms with Gasteiger partial charge in [0.15, 0.2) is 0 Å². The molecule has 0 aliphatic carbocycles. The van der Waals surface area contributed by atoms with Gasteiger partial charge < -0.3 is 16.8 Å². The zero-order valence-corrected chi connectivity index (χ0v) is 19.7. The molecule has 4 aromatic rings. The number of pyridine rings is 1. The lowest BCUT2D eigenvalue weighted by molar-refractivity contribution is -0.122. The number of aromatic nitrogens is 3. The number of anilines is 1. The van der Waals surface area contributed by atoms with Crippen molar-refractivity contribution in [2.75, 3.05) is 5.73 Å². The minimum Gasteiger partial charge on any atom is -0.383 e. The predicted octanol–water partition coefficient (Wildman–Crippen LogP) is 1.40. The summed E-state index contributed by atoms with van der Waals surface area (Å²) >= 11 is 0. The van der Waals surface area contributed by atoms with Crippen molar-refractivity contribution in [3.63, 3.8) is 0 Å². The standard InChI is InChI=1S/C25H22BF3N6O2/c26-19-11-35(34-24(19)30)12-22(36)33-21(8-13-6-15(27)10-16(28)7-13)23-17(2-1-5-32-23)14-3-4-20(29)18(9-14)25(31)37/h1-7,9-11,21H,8,12,26H2,(H2,30,34)(H2,31,37)(H,33,36)/t21-/m0/s1. The Bertz CT molecular complexity index is 1450. The van der Waals surface area contributed by atoms with Crippen LogP contribution >= 0.6 is 0 Å². The average molecular weight is 506 g/mol. The van der Waals surface area contributed by atoms with E-state index in [4.69, 9.17) is 11.5 Å². The largest absolute Gasteiger partial charge is 0.383 e. The van der Waals surface area contributed by atoms with E-state index in [0.29, 0.717) is 22.3 Å². The van der Waals surface area contributed by atoms with E-state index in [1.165, 1.54) is 23.0 Å². The van der Waals surface area contributed by atoms with Gasteiger partial charge in [0.05, 0.1) is 17.3 Å². The number of nitrogens with two attached hydrogens (primary N) is 2. The fourth-order valence-corrected chi connectivity index (χ4v) is 4.01. The summed E-state index contributed by atoms with van der Waals surface area (Å²) in [5.74, 6) is -3.44. The number of nitrogens with zero attached hydrogens (tertiary/aromatic N) is 3. The second-order valence-corrected chi connectivity index (χ2v) is 8.49. The maximum atomic E-state index is 14.1. The van der Waals surface area contributed by atoms with E-state index in [1.807, 2.05) is 0 Å². The molecule has 0 saturated carbocycles. The third-order valence-corrected chi connectivity index (χ3v) is 5.70. The van der Waals surface area contributed by atoms with E-state index in [0.717, 1.165) is 24.3 Å². The number of primary amides is 1. The number of nitrogens with one attached hydrogen (secondary N) is 1. The number of nitrogen functional groups attached to an aromatic ring is 1. The van der Waals surface area contributed by atoms with E-state index in [-0.39, 0.29) is 29.9 Å². The summed E-state index contributed by atoms with van der Waals surface area (Å²) in [6, 6.07) is 9.33. The molecule has 0 unspecified atom stereocenters. The summed E-state index contributed by atoms with van der Waals surface area (Å²) < 4.78 is 43.3. The first-order valence-corrected chi connectivity index (χ1v) is 11.2. The lowest BCUT2D eigenvalue weighted by Gasteiger charge is -2.22. The Morgan fingerprint density at radius 3 is 2.46 bits per heavy atom. The number of rotatable bonds is 8. The maximum absolute atomic E-state index is 14.1. The zero-order valence-electron chi connectivity index (χ0n) is 19.7. The molecule has 1 atom stereocenters. The van der Waals surface area contributed by atoms with Crippen molar-refractivity contribution in [1.82, 2.24) is 20.1 Å². The minimum atomic E-state index is -0.946. The normalized spacial score (nSPS) is 11.8. The van der Waals surface area contributed by atoms with Crippen LogP contribution in [0.5, 0.6) is 0 Å². The van der Waals surface area contributed by atoms with Gasteiger partial charge in [0.1, 0.15) is 37.7 Å². The van der Waals surface area contributed by atoms with E-state index >= 15 is 0 Å². The number of halogens is 3. The summed E-state index contributed by atoms with van der Waals surface area (Å²) in [6.45, 7) is -0.170. The molecule has 8 nitrogen and oxygen atoms in total. The van der Waals surface area contributed by atoms with Crippen LogP contribution in [0.15, 0.2) is 60.9 Å². The van der Waals surface area contributed by atoms with Crippen LogP contribution in [0.2, 0.25) is 0 Å². The number of carbonyl (C=O) groups excluding carboxylic acids is 2. The molecule has 2 aromatic heterocycles. The molecule has 0 saturated heterocycles. The van der Waals surface area contributed by atoms with Gasteiger partial charge in [-0.1, -0.05) is 12.1 Å². The molecule has 37 heavy (non-hydrogen) atoms. The molecule has 0 radical (unpaired) electrons. The van der Waals surface area contributed by atoms with Crippen LogP contribution in [-0.4, -0.2) is 34.4 Å². The molecule has 0 aliphatic rings. The Kier molecular flexibility index (Phi) is 7.28. The van der Waals surface area contributed by atoms with Gasteiger partial charge in [0.25, 0.3) is 5.91 Å². The number of hydrogen-bond donors (Lipinski definition) is 3. The maximum Gasteiger partial charge on any atom is 0.251 e. The van der Waals surface area contributed by atoms with E-state index in [1.54, 1.807) is 26.2 Å². The summed E-state index contributed by atoms with van der Waals surface area (Å²) in [5.41, 5.74) is 12.9. The SMILES string of the molecule is Bc1cn(CC(=O)N[C@@H](Cc2cc(F)cc(F)c2)c2ncccc2-c2ccc(F)c(C(N)=O)c2)nc1N. The van der Waals surface area contributed by atoms with Gasteiger partial charge in [-0.2, -0.15) is 5.10 Å². The van der Waals surface area contributed by atoms with Crippen molar-refractivity contribution >= 4 is 30.9 Å². The van der Waals surface area contributed by atoms with E-state index < -0.39 is 35.3 Å². The van der Waals surface area contributed by atoms with Crippen molar-refractivity contribution in [3.05, 3.63) is 95.2 Å². The minimum absolute atomic E-state index is 0.0193. The molecule has 0 aliphatic heterocycles. The highest BCUT2D eigenvalue weighted by molar-refractivity contribution is 6.35. The van der Waals surface area contributed by atoms with Gasteiger partial charge in [-0.15, -0.1) is 0 Å². The molecule has 4 rings (SSSR count). The molecule has 2 aromatic carbocycles. The van der Waals surface area contributed by atoms with Crippen molar-refractivity contribution in [3.8, 4) is 11.1 Å². The summed E-state index contributed by atoms with van der Waals surface area (Å²) in [5, 5.41) is 6.92. The van der Waals surface area contributed by atoms with Crippen molar-refractivity contribution < 1.29 is 22.8 Å². The fourth-order valence-electron chi connectivity index (χ4n) is 4.01. The van der Waals surface area contributed by atoms with Gasteiger partial charge in [0, 0.05) is 24.0 Å². The van der Waals surface area contributed by atoms with Crippen LogP contribution in [-0.2, 0) is 17.8 Å². The predicted molar refractivity (Wildman–Crippen MR) is 134 cm³/mol. The Morgan fingerprint density at radius 2 is 1.81 bits per heavy atom. The quantitative estimate of drug-likeness (QED) is 0.312. The monoisotopic (exact) mass is 506 g/mol. The summed E-state index contributed by atoms with van der Waals surface area (Å²) in [4.78, 5) is 29.1. The van der Waals surface area contributed by atoms with Crippen LogP contribution < -0.4 is 22.2 Å². The molecule has 0 spiro atoms. The third-order valence-electron chi connectivity index (χ3n) is 5.70. The Hall–Kier alpha value is -4.61. The summed E-state index contributed by atoms with van der Waals surface area (Å²) in [6.07, 6.45) is 3.08. The second-order valence-electron chi connectivity index (χ2n) is 8.49. The smallest absolute Gasteiger partial charge is 0.251 e. The zero-order chi connectivity index (χ0) is 26.7. The number of hydrogen-bond acceptors (Lipinski definition) is 5. The molecule has 12 heteroatoms. The molecule has 2 amide bonds. The number of carbonyl (C=O) groups is 2. The van der Waals surface area contributed by atoms with Crippen molar-refractivity contribution in [2.24, 2.45) is 5.73 Å². The first-order valence-electron chi connectivity index (χ1n) is 11.2. The Labute approximate surface area is 210 Å². The van der Waals surface area contributed by atoms with Crippen molar-refractivity contribution in [1.29, 1.82) is 0 Å². The van der Waals surface area contributed by atoms with Crippen LogP contribution in [0, 0.1) is 17.5 Å². The first kappa shape index (κ1) is 25.5. The average Bonchev–Trinajstić information content (AvgIpc) is 3.14. The molecule has 0 bridgehead atoms. The molecule has 5 N–H and O–H groups in total. The number of amides is 2. The lowest BCUT2D eigenvalue weighted by Crippen LogP contribution is -2.33. The fraction of sp³-hybridized carbons (Fsp3) is 0.120. The van der Waals surface area contributed by atoms with E-state index in [2.05, 4.69) is 15.4 Å². The molecular formula is C25H22BF3N6O2.